The summed E-state index contributed by atoms with van der Waals surface area (Å²) in [4.78, 5) is 15.2. The zero-order valence-electron chi connectivity index (χ0n) is 15.0. The van der Waals surface area contributed by atoms with E-state index >= 15 is 0 Å². The maximum atomic E-state index is 12.6. The molecule has 0 aliphatic carbocycles. The summed E-state index contributed by atoms with van der Waals surface area (Å²) in [5.74, 6) is 0.248. The third kappa shape index (κ3) is 1.83. The van der Waals surface area contributed by atoms with Crippen LogP contribution in [-0.2, 0) is 23.0 Å². The predicted molar refractivity (Wildman–Crippen MR) is 97.2 cm³/mol. The number of benzene rings is 1. The normalized spacial score (nSPS) is 34.4. The minimum absolute atomic E-state index is 0.0340. The first-order valence-corrected chi connectivity index (χ1v) is 9.20. The molecule has 0 radical (unpaired) electrons. The lowest BCUT2D eigenvalue weighted by Gasteiger charge is -2.57. The molecule has 6 rings (SSSR count). The molecule has 4 bridgehead atoms. The summed E-state index contributed by atoms with van der Waals surface area (Å²) in [6.45, 7) is 3.09. The Morgan fingerprint density at radius 1 is 1.32 bits per heavy atom. The Morgan fingerprint density at radius 3 is 2.88 bits per heavy atom. The van der Waals surface area contributed by atoms with Crippen molar-refractivity contribution in [2.24, 2.45) is 18.9 Å². The highest BCUT2D eigenvalue weighted by molar-refractivity contribution is 5.86. The molecule has 4 aliphatic rings. The molecule has 1 aromatic carbocycles. The Bertz CT molecular complexity index is 910. The van der Waals surface area contributed by atoms with Gasteiger partial charge in [0.15, 0.2) is 0 Å². The topological polar surface area (TPSA) is 34.5 Å². The van der Waals surface area contributed by atoms with E-state index < -0.39 is 0 Å². The van der Waals surface area contributed by atoms with Gasteiger partial charge in [-0.3, -0.25) is 9.69 Å². The number of para-hydroxylation sites is 1. The number of aromatic nitrogens is 1. The SMILES string of the molecule is C/C=C1/CN2[C@H]3C[C@@H]1[C@H](C(=O)OC)[C@@H]2Cc1c3n(C)c2ccccc12. The summed E-state index contributed by atoms with van der Waals surface area (Å²) in [7, 11) is 3.72. The van der Waals surface area contributed by atoms with Crippen molar-refractivity contribution in [2.75, 3.05) is 13.7 Å². The monoisotopic (exact) mass is 336 g/mol. The number of esters is 1. The second kappa shape index (κ2) is 5.21. The van der Waals surface area contributed by atoms with Gasteiger partial charge in [0.05, 0.1) is 19.1 Å². The van der Waals surface area contributed by atoms with Crippen LogP contribution in [-0.4, -0.2) is 35.1 Å². The van der Waals surface area contributed by atoms with Crippen molar-refractivity contribution < 1.29 is 9.53 Å². The number of methoxy groups -OCH3 is 1. The van der Waals surface area contributed by atoms with Gasteiger partial charge in [-0.2, -0.15) is 0 Å². The molecule has 0 saturated carbocycles. The minimum atomic E-state index is -0.0406. The van der Waals surface area contributed by atoms with Crippen LogP contribution in [0.25, 0.3) is 10.9 Å². The second-order valence-corrected chi connectivity index (χ2v) is 7.65. The van der Waals surface area contributed by atoms with Crippen molar-refractivity contribution in [3.05, 3.63) is 47.2 Å². The molecule has 1 aromatic heterocycles. The summed E-state index contributed by atoms with van der Waals surface area (Å²) in [6.07, 6.45) is 4.18. The molecule has 130 valence electrons. The lowest BCUT2D eigenvalue weighted by Crippen LogP contribution is -2.62. The van der Waals surface area contributed by atoms with Gasteiger partial charge in [-0.1, -0.05) is 29.8 Å². The number of hydrogen-bond donors (Lipinski definition) is 0. The van der Waals surface area contributed by atoms with Gasteiger partial charge in [-0.15, -0.1) is 0 Å². The maximum absolute atomic E-state index is 12.6. The highest BCUT2D eigenvalue weighted by atomic mass is 16.5. The minimum Gasteiger partial charge on any atom is -0.469 e. The van der Waals surface area contributed by atoms with Crippen molar-refractivity contribution in [1.82, 2.24) is 9.47 Å². The number of aryl methyl sites for hydroxylation is 1. The molecule has 4 heteroatoms. The molecule has 3 saturated heterocycles. The van der Waals surface area contributed by atoms with Crippen molar-refractivity contribution in [3.63, 3.8) is 0 Å². The van der Waals surface area contributed by atoms with Crippen molar-refractivity contribution in [3.8, 4) is 0 Å². The Balaban J connectivity index is 1.71. The van der Waals surface area contributed by atoms with E-state index in [0.717, 1.165) is 19.4 Å². The molecule has 25 heavy (non-hydrogen) atoms. The summed E-state index contributed by atoms with van der Waals surface area (Å²) in [5.41, 5.74) is 5.62. The first kappa shape index (κ1) is 15.2. The lowest BCUT2D eigenvalue weighted by molar-refractivity contribution is -0.157. The number of ether oxygens (including phenoxy) is 1. The number of allylic oxidation sites excluding steroid dienone is 1. The van der Waals surface area contributed by atoms with E-state index in [9.17, 15) is 4.79 Å². The molecule has 4 nitrogen and oxygen atoms in total. The van der Waals surface area contributed by atoms with Crippen LogP contribution in [0.1, 0.15) is 30.6 Å². The van der Waals surface area contributed by atoms with Gasteiger partial charge < -0.3 is 9.30 Å². The van der Waals surface area contributed by atoms with Gasteiger partial charge in [0.25, 0.3) is 0 Å². The zero-order valence-corrected chi connectivity index (χ0v) is 15.0. The first-order chi connectivity index (χ1) is 12.2. The van der Waals surface area contributed by atoms with Gasteiger partial charge >= 0.3 is 5.97 Å². The Labute approximate surface area is 148 Å². The van der Waals surface area contributed by atoms with Crippen molar-refractivity contribution in [2.45, 2.75) is 31.8 Å². The van der Waals surface area contributed by atoms with Crippen molar-refractivity contribution in [1.29, 1.82) is 0 Å². The molecule has 0 spiro atoms. The molecule has 2 aromatic rings. The smallest absolute Gasteiger partial charge is 0.310 e. The molecule has 0 amide bonds. The second-order valence-electron chi connectivity index (χ2n) is 7.65. The molecule has 3 fully saturated rings. The maximum Gasteiger partial charge on any atom is 0.310 e. The fourth-order valence-corrected chi connectivity index (χ4v) is 5.78. The summed E-state index contributed by atoms with van der Waals surface area (Å²) >= 11 is 0. The van der Waals surface area contributed by atoms with Crippen LogP contribution in [0.4, 0.5) is 0 Å². The highest BCUT2D eigenvalue weighted by Crippen LogP contribution is 2.54. The molecular formula is C21H24N2O2. The van der Waals surface area contributed by atoms with Gasteiger partial charge in [-0.05, 0) is 37.3 Å². The molecule has 0 N–H and O–H groups in total. The third-order valence-electron chi connectivity index (χ3n) is 6.83. The van der Waals surface area contributed by atoms with Crippen LogP contribution < -0.4 is 0 Å². The molecule has 5 atom stereocenters. The fourth-order valence-electron chi connectivity index (χ4n) is 5.78. The third-order valence-corrected chi connectivity index (χ3v) is 6.83. The van der Waals surface area contributed by atoms with E-state index in [2.05, 4.69) is 53.8 Å². The number of rotatable bonds is 1. The van der Waals surface area contributed by atoms with Crippen LogP contribution in [0.5, 0.6) is 0 Å². The number of carbonyl (C=O) groups excluding carboxylic acids is 1. The van der Waals surface area contributed by atoms with Crippen LogP contribution in [0, 0.1) is 11.8 Å². The molecule has 5 heterocycles. The summed E-state index contributed by atoms with van der Waals surface area (Å²) in [5, 5.41) is 1.35. The lowest BCUT2D eigenvalue weighted by atomic mass is 9.64. The number of nitrogens with zero attached hydrogens (tertiary/aromatic N) is 2. The quantitative estimate of drug-likeness (QED) is 0.592. The van der Waals surface area contributed by atoms with Crippen LogP contribution in [0.2, 0.25) is 0 Å². The fraction of sp³-hybridized carbons (Fsp3) is 0.476. The standard InChI is InChI=1S/C21H24N2O2/c1-4-12-11-23-17-10-15-13-7-5-6-8-16(13)22(2)20(15)18(23)9-14(12)19(17)21(24)25-3/h4-8,14,17-19H,9-11H2,1-3H3/b12-4-/t14-,17-,18-,19-/m0/s1. The zero-order chi connectivity index (χ0) is 17.3. The van der Waals surface area contributed by atoms with Gasteiger partial charge in [0, 0.05) is 36.2 Å². The largest absolute Gasteiger partial charge is 0.469 e. The van der Waals surface area contributed by atoms with E-state index in [1.807, 2.05) is 0 Å². The predicted octanol–water partition coefficient (Wildman–Crippen LogP) is 3.22. The number of fused-ring (bicyclic) bond motifs is 4. The average Bonchev–Trinajstić information content (AvgIpc) is 2.93. The number of piperidine rings is 3. The molecular weight excluding hydrogens is 312 g/mol. The molecule has 4 aliphatic heterocycles. The van der Waals surface area contributed by atoms with E-state index in [4.69, 9.17) is 4.74 Å². The summed E-state index contributed by atoms with van der Waals surface area (Å²) in [6, 6.07) is 9.35. The van der Waals surface area contributed by atoms with Crippen LogP contribution in [0.3, 0.4) is 0 Å². The first-order valence-electron chi connectivity index (χ1n) is 9.20. The van der Waals surface area contributed by atoms with Gasteiger partial charge in [0.2, 0.25) is 0 Å². The number of hydrogen-bond acceptors (Lipinski definition) is 3. The van der Waals surface area contributed by atoms with E-state index in [1.165, 1.54) is 34.8 Å². The highest BCUT2D eigenvalue weighted by Gasteiger charge is 2.55. The number of carbonyl (C=O) groups is 1. The average molecular weight is 336 g/mol. The summed E-state index contributed by atoms with van der Waals surface area (Å²) < 4.78 is 7.59. The molecule has 1 unspecified atom stereocenters. The van der Waals surface area contributed by atoms with Crippen LogP contribution in [0.15, 0.2) is 35.9 Å². The van der Waals surface area contributed by atoms with Crippen LogP contribution >= 0.6 is 0 Å². The van der Waals surface area contributed by atoms with E-state index in [-0.39, 0.29) is 17.9 Å². The Hall–Kier alpha value is -2.07. The Kier molecular flexibility index (Phi) is 3.17. The van der Waals surface area contributed by atoms with Gasteiger partial charge in [-0.25, -0.2) is 0 Å². The van der Waals surface area contributed by atoms with Crippen molar-refractivity contribution >= 4 is 16.9 Å². The van der Waals surface area contributed by atoms with Gasteiger partial charge in [0.1, 0.15) is 0 Å². The van der Waals surface area contributed by atoms with E-state index in [0.29, 0.717) is 12.0 Å². The van der Waals surface area contributed by atoms with E-state index in [1.54, 1.807) is 0 Å². The Morgan fingerprint density at radius 2 is 2.12 bits per heavy atom.